The number of amides is 3. The van der Waals surface area contributed by atoms with E-state index in [0.717, 1.165) is 17.1 Å². The van der Waals surface area contributed by atoms with Gasteiger partial charge in [0.15, 0.2) is 0 Å². The number of carbonyl (C=O) groups excluding carboxylic acids is 2. The van der Waals surface area contributed by atoms with Crippen molar-refractivity contribution < 1.29 is 14.3 Å². The van der Waals surface area contributed by atoms with Crippen LogP contribution >= 0.6 is 11.8 Å². The molecule has 1 rings (SSSR count). The third-order valence-electron chi connectivity index (χ3n) is 3.15. The maximum absolute atomic E-state index is 12.2. The second kappa shape index (κ2) is 9.99. The molecule has 2 unspecified atom stereocenters. The van der Waals surface area contributed by atoms with Crippen LogP contribution in [-0.2, 0) is 4.79 Å². The molecule has 0 aliphatic rings. The monoisotopic (exact) mass is 339 g/mol. The van der Waals surface area contributed by atoms with Gasteiger partial charge in [0.1, 0.15) is 18.4 Å². The number of ether oxygens (including phenoxy) is 1. The van der Waals surface area contributed by atoms with Gasteiger partial charge in [0, 0.05) is 0 Å². The molecule has 2 atom stereocenters. The van der Waals surface area contributed by atoms with Crippen molar-refractivity contribution in [2.24, 2.45) is 5.73 Å². The number of thioether (sulfide) groups is 1. The summed E-state index contributed by atoms with van der Waals surface area (Å²) in [7, 11) is 0. The van der Waals surface area contributed by atoms with E-state index < -0.39 is 12.1 Å². The SMILES string of the molecule is CSCCC(NC(N)=O)C(=O)NC(C)COc1ccc(C)cc1. The Balaban J connectivity index is 2.45. The third-order valence-corrected chi connectivity index (χ3v) is 3.80. The summed E-state index contributed by atoms with van der Waals surface area (Å²) in [4.78, 5) is 23.2. The van der Waals surface area contributed by atoms with Gasteiger partial charge in [0.25, 0.3) is 0 Å². The molecule has 128 valence electrons. The van der Waals surface area contributed by atoms with Crippen molar-refractivity contribution in [2.75, 3.05) is 18.6 Å². The molecule has 1 aromatic carbocycles. The highest BCUT2D eigenvalue weighted by Crippen LogP contribution is 2.11. The van der Waals surface area contributed by atoms with E-state index in [1.54, 1.807) is 11.8 Å². The number of nitrogens with one attached hydrogen (secondary N) is 2. The molecule has 3 amide bonds. The van der Waals surface area contributed by atoms with Crippen LogP contribution in [0.15, 0.2) is 24.3 Å². The van der Waals surface area contributed by atoms with Crippen molar-refractivity contribution in [3.63, 3.8) is 0 Å². The molecule has 0 radical (unpaired) electrons. The summed E-state index contributed by atoms with van der Waals surface area (Å²) in [5.74, 6) is 1.26. The Kier molecular flexibility index (Phi) is 8.32. The summed E-state index contributed by atoms with van der Waals surface area (Å²) >= 11 is 1.61. The Labute approximate surface area is 141 Å². The minimum atomic E-state index is -0.699. The van der Waals surface area contributed by atoms with Crippen molar-refractivity contribution in [1.29, 1.82) is 0 Å². The van der Waals surface area contributed by atoms with Crippen LogP contribution in [0.4, 0.5) is 4.79 Å². The van der Waals surface area contributed by atoms with Crippen LogP contribution in [0, 0.1) is 6.92 Å². The number of primary amides is 1. The fourth-order valence-electron chi connectivity index (χ4n) is 1.92. The molecule has 4 N–H and O–H groups in total. The van der Waals surface area contributed by atoms with Crippen LogP contribution in [0.5, 0.6) is 5.75 Å². The first-order chi connectivity index (χ1) is 10.9. The van der Waals surface area contributed by atoms with Crippen LogP contribution < -0.4 is 21.1 Å². The van der Waals surface area contributed by atoms with Gasteiger partial charge in [0.05, 0.1) is 6.04 Å². The van der Waals surface area contributed by atoms with Gasteiger partial charge in [-0.1, -0.05) is 17.7 Å². The number of benzene rings is 1. The van der Waals surface area contributed by atoms with Gasteiger partial charge >= 0.3 is 6.03 Å². The van der Waals surface area contributed by atoms with Crippen molar-refractivity contribution in [3.05, 3.63) is 29.8 Å². The van der Waals surface area contributed by atoms with Gasteiger partial charge in [-0.15, -0.1) is 0 Å². The van der Waals surface area contributed by atoms with E-state index in [9.17, 15) is 9.59 Å². The Morgan fingerprint density at radius 1 is 1.26 bits per heavy atom. The topological polar surface area (TPSA) is 93.5 Å². The number of hydrogen-bond acceptors (Lipinski definition) is 4. The minimum absolute atomic E-state index is 0.185. The highest BCUT2D eigenvalue weighted by atomic mass is 32.2. The predicted octanol–water partition coefficient (Wildman–Crippen LogP) is 1.67. The molecule has 0 aromatic heterocycles. The first kappa shape index (κ1) is 19.2. The van der Waals surface area contributed by atoms with Gasteiger partial charge in [-0.2, -0.15) is 11.8 Å². The Bertz CT molecular complexity index is 508. The number of urea groups is 1. The average Bonchev–Trinajstić information content (AvgIpc) is 2.50. The normalized spacial score (nSPS) is 13.0. The van der Waals surface area contributed by atoms with Gasteiger partial charge in [-0.05, 0) is 44.4 Å². The lowest BCUT2D eigenvalue weighted by Crippen LogP contribution is -2.51. The summed E-state index contributed by atoms with van der Waals surface area (Å²) in [5, 5.41) is 5.30. The number of hydrogen-bond donors (Lipinski definition) is 3. The minimum Gasteiger partial charge on any atom is -0.491 e. The lowest BCUT2D eigenvalue weighted by Gasteiger charge is -2.20. The lowest BCUT2D eigenvalue weighted by molar-refractivity contribution is -0.123. The molecule has 0 heterocycles. The van der Waals surface area contributed by atoms with E-state index in [2.05, 4.69) is 10.6 Å². The van der Waals surface area contributed by atoms with Gasteiger partial charge in [-0.25, -0.2) is 4.79 Å². The maximum atomic E-state index is 12.2. The smallest absolute Gasteiger partial charge is 0.312 e. The first-order valence-corrected chi connectivity index (χ1v) is 8.86. The summed E-state index contributed by atoms with van der Waals surface area (Å²) in [5.41, 5.74) is 6.28. The quantitative estimate of drug-likeness (QED) is 0.638. The Morgan fingerprint density at radius 3 is 2.48 bits per heavy atom. The number of rotatable bonds is 9. The van der Waals surface area contributed by atoms with Gasteiger partial charge in [-0.3, -0.25) is 4.79 Å². The lowest BCUT2D eigenvalue weighted by atomic mass is 10.2. The number of nitrogens with two attached hydrogens (primary N) is 1. The second-order valence-electron chi connectivity index (χ2n) is 5.38. The highest BCUT2D eigenvalue weighted by molar-refractivity contribution is 7.98. The van der Waals surface area contributed by atoms with Crippen LogP contribution in [-0.4, -0.2) is 42.6 Å². The van der Waals surface area contributed by atoms with Crippen LogP contribution in [0.3, 0.4) is 0 Å². The molecule has 0 bridgehead atoms. The average molecular weight is 339 g/mol. The van der Waals surface area contributed by atoms with E-state index >= 15 is 0 Å². The fourth-order valence-corrected chi connectivity index (χ4v) is 2.39. The van der Waals surface area contributed by atoms with E-state index in [1.807, 2.05) is 44.4 Å². The first-order valence-electron chi connectivity index (χ1n) is 7.47. The van der Waals surface area contributed by atoms with Crippen molar-refractivity contribution >= 4 is 23.7 Å². The van der Waals surface area contributed by atoms with Crippen molar-refractivity contribution in [3.8, 4) is 5.75 Å². The van der Waals surface area contributed by atoms with Crippen LogP contribution in [0.1, 0.15) is 18.9 Å². The summed E-state index contributed by atoms with van der Waals surface area (Å²) < 4.78 is 5.63. The largest absolute Gasteiger partial charge is 0.491 e. The third kappa shape index (κ3) is 7.78. The fraction of sp³-hybridized carbons (Fsp3) is 0.500. The molecule has 7 heteroatoms. The molecule has 1 aromatic rings. The number of aryl methyl sites for hydroxylation is 1. The van der Waals surface area contributed by atoms with E-state index in [1.165, 1.54) is 0 Å². The molecular weight excluding hydrogens is 314 g/mol. The van der Waals surface area contributed by atoms with E-state index in [4.69, 9.17) is 10.5 Å². The summed E-state index contributed by atoms with van der Waals surface area (Å²) in [6, 6.07) is 6.20. The Hall–Kier alpha value is -1.89. The summed E-state index contributed by atoms with van der Waals surface area (Å²) in [6.07, 6.45) is 2.47. The predicted molar refractivity (Wildman–Crippen MR) is 93.8 cm³/mol. The molecule has 0 saturated carbocycles. The molecule has 0 aliphatic heterocycles. The zero-order valence-corrected chi connectivity index (χ0v) is 14.6. The van der Waals surface area contributed by atoms with Crippen LogP contribution in [0.2, 0.25) is 0 Å². The molecule has 0 spiro atoms. The standard InChI is InChI=1S/C16H25N3O3S/c1-11-4-6-13(7-5-11)22-10-12(2)18-15(20)14(8-9-23-3)19-16(17)21/h4-7,12,14H,8-10H2,1-3H3,(H,18,20)(H3,17,19,21). The zero-order chi connectivity index (χ0) is 17.2. The highest BCUT2D eigenvalue weighted by Gasteiger charge is 2.20. The van der Waals surface area contributed by atoms with E-state index in [-0.39, 0.29) is 11.9 Å². The molecule has 0 fully saturated rings. The molecule has 23 heavy (non-hydrogen) atoms. The zero-order valence-electron chi connectivity index (χ0n) is 13.8. The van der Waals surface area contributed by atoms with Crippen molar-refractivity contribution in [2.45, 2.75) is 32.4 Å². The molecule has 6 nitrogen and oxygen atoms in total. The number of carbonyl (C=O) groups is 2. The van der Waals surface area contributed by atoms with Gasteiger partial charge in [0.2, 0.25) is 5.91 Å². The van der Waals surface area contributed by atoms with Crippen molar-refractivity contribution in [1.82, 2.24) is 10.6 Å². The molecular formula is C16H25N3O3S. The second-order valence-corrected chi connectivity index (χ2v) is 6.36. The summed E-state index contributed by atoms with van der Waals surface area (Å²) in [6.45, 7) is 4.20. The van der Waals surface area contributed by atoms with E-state index in [0.29, 0.717) is 13.0 Å². The van der Waals surface area contributed by atoms with Gasteiger partial charge < -0.3 is 21.1 Å². The maximum Gasteiger partial charge on any atom is 0.312 e. The molecule has 0 aliphatic carbocycles. The molecule has 0 saturated heterocycles. The Morgan fingerprint density at radius 2 is 1.91 bits per heavy atom. The van der Waals surface area contributed by atoms with Crippen LogP contribution in [0.25, 0.3) is 0 Å².